The lowest BCUT2D eigenvalue weighted by atomic mass is 10.1. The van der Waals surface area contributed by atoms with E-state index in [1.807, 2.05) is 32.1 Å². The van der Waals surface area contributed by atoms with E-state index >= 15 is 0 Å². The van der Waals surface area contributed by atoms with Gasteiger partial charge < -0.3 is 14.8 Å². The Morgan fingerprint density at radius 3 is 2.94 bits per heavy atom. The Hall–Kier alpha value is -1.29. The highest BCUT2D eigenvalue weighted by Crippen LogP contribution is 2.20. The predicted molar refractivity (Wildman–Crippen MR) is 68.3 cm³/mol. The molecule has 0 aliphatic carbocycles. The molecule has 1 aliphatic rings. The molecule has 0 saturated carbocycles. The van der Waals surface area contributed by atoms with Crippen molar-refractivity contribution in [1.29, 1.82) is 0 Å². The predicted octanol–water partition coefficient (Wildman–Crippen LogP) is 1.27. The fourth-order valence-electron chi connectivity index (χ4n) is 2.31. The van der Waals surface area contributed by atoms with Crippen molar-refractivity contribution < 1.29 is 4.79 Å². The fraction of sp³-hybridized carbons (Fsp3) is 0.615. The van der Waals surface area contributed by atoms with Crippen molar-refractivity contribution in [3.05, 3.63) is 23.0 Å². The van der Waals surface area contributed by atoms with Crippen LogP contribution in [-0.2, 0) is 6.42 Å². The molecule has 0 unspecified atom stereocenters. The number of fused-ring (bicyclic) bond motifs is 1. The number of aromatic amines is 1. The van der Waals surface area contributed by atoms with Gasteiger partial charge in [0.1, 0.15) is 0 Å². The zero-order valence-corrected chi connectivity index (χ0v) is 10.9. The molecule has 0 spiro atoms. The summed E-state index contributed by atoms with van der Waals surface area (Å²) in [6.07, 6.45) is 3.97. The van der Waals surface area contributed by atoms with Crippen LogP contribution in [0, 0.1) is 6.92 Å². The third-order valence-electron chi connectivity index (χ3n) is 3.33. The Labute approximate surface area is 103 Å². The quantitative estimate of drug-likeness (QED) is 0.857. The normalized spacial score (nSPS) is 16.2. The van der Waals surface area contributed by atoms with Crippen molar-refractivity contribution >= 4 is 5.91 Å². The molecule has 17 heavy (non-hydrogen) atoms. The van der Waals surface area contributed by atoms with Gasteiger partial charge in [-0.15, -0.1) is 0 Å². The molecule has 94 valence electrons. The van der Waals surface area contributed by atoms with Gasteiger partial charge in [0.2, 0.25) is 0 Å². The summed E-state index contributed by atoms with van der Waals surface area (Å²) in [5, 5.41) is 0. The van der Waals surface area contributed by atoms with E-state index in [2.05, 4.69) is 9.88 Å². The van der Waals surface area contributed by atoms with Crippen LogP contribution in [0.3, 0.4) is 0 Å². The number of carbonyl (C=O) groups is 1. The number of hydrogen-bond acceptors (Lipinski definition) is 2. The second-order valence-electron chi connectivity index (χ2n) is 5.02. The number of carbonyl (C=O) groups excluding carboxylic acids is 1. The largest absolute Gasteiger partial charge is 0.364 e. The summed E-state index contributed by atoms with van der Waals surface area (Å²) in [6.45, 7) is 4.61. The van der Waals surface area contributed by atoms with Crippen molar-refractivity contribution in [2.45, 2.75) is 19.8 Å². The Morgan fingerprint density at radius 1 is 1.47 bits per heavy atom. The Balaban J connectivity index is 2.16. The average Bonchev–Trinajstić information content (AvgIpc) is 2.55. The lowest BCUT2D eigenvalue weighted by Crippen LogP contribution is -2.36. The van der Waals surface area contributed by atoms with Crippen LogP contribution in [0.2, 0.25) is 0 Å². The van der Waals surface area contributed by atoms with Crippen LogP contribution in [0.15, 0.2) is 6.20 Å². The van der Waals surface area contributed by atoms with Gasteiger partial charge in [-0.2, -0.15) is 0 Å². The van der Waals surface area contributed by atoms with E-state index < -0.39 is 0 Å². The molecule has 0 fully saturated rings. The number of H-pyrrole nitrogens is 1. The summed E-state index contributed by atoms with van der Waals surface area (Å²) >= 11 is 0. The summed E-state index contributed by atoms with van der Waals surface area (Å²) in [5.74, 6) is 0.193. The monoisotopic (exact) mass is 235 g/mol. The minimum absolute atomic E-state index is 0.193. The van der Waals surface area contributed by atoms with E-state index in [1.54, 1.807) is 0 Å². The Morgan fingerprint density at radius 2 is 2.24 bits per heavy atom. The van der Waals surface area contributed by atoms with Crippen LogP contribution in [0.25, 0.3) is 0 Å². The first-order chi connectivity index (χ1) is 8.09. The van der Waals surface area contributed by atoms with Crippen LogP contribution in [-0.4, -0.2) is 54.4 Å². The standard InChI is InChI=1S/C13H21N3O/c1-10-9-14-11-5-4-6-16(8-7-15(2)3)13(17)12(10)11/h9,14H,4-8H2,1-3H3. The minimum Gasteiger partial charge on any atom is -0.364 e. The number of amides is 1. The number of nitrogens with one attached hydrogen (secondary N) is 1. The van der Waals surface area contributed by atoms with Crippen molar-refractivity contribution in [3.8, 4) is 0 Å². The van der Waals surface area contributed by atoms with Gasteiger partial charge >= 0.3 is 0 Å². The molecule has 4 nitrogen and oxygen atoms in total. The summed E-state index contributed by atoms with van der Waals surface area (Å²) < 4.78 is 0. The molecule has 0 radical (unpaired) electrons. The first kappa shape index (κ1) is 12.2. The molecule has 0 bridgehead atoms. The molecule has 1 aliphatic heterocycles. The van der Waals surface area contributed by atoms with Crippen molar-refractivity contribution in [2.24, 2.45) is 0 Å². The third-order valence-corrected chi connectivity index (χ3v) is 3.33. The zero-order valence-electron chi connectivity index (χ0n) is 10.9. The van der Waals surface area contributed by atoms with E-state index in [4.69, 9.17) is 0 Å². The zero-order chi connectivity index (χ0) is 12.4. The van der Waals surface area contributed by atoms with Crippen LogP contribution < -0.4 is 0 Å². The van der Waals surface area contributed by atoms with Crippen molar-refractivity contribution in [3.63, 3.8) is 0 Å². The SMILES string of the molecule is Cc1c[nH]c2c1C(=O)N(CCN(C)C)CCC2. The summed E-state index contributed by atoms with van der Waals surface area (Å²) in [7, 11) is 4.07. The van der Waals surface area contributed by atoms with Gasteiger partial charge in [-0.25, -0.2) is 0 Å². The minimum atomic E-state index is 0.193. The topological polar surface area (TPSA) is 39.3 Å². The highest BCUT2D eigenvalue weighted by molar-refractivity contribution is 5.97. The van der Waals surface area contributed by atoms with Gasteiger partial charge in [0, 0.05) is 31.5 Å². The first-order valence-electron chi connectivity index (χ1n) is 6.20. The Kier molecular flexibility index (Phi) is 3.52. The molecule has 4 heteroatoms. The fourth-order valence-corrected chi connectivity index (χ4v) is 2.31. The second-order valence-corrected chi connectivity index (χ2v) is 5.02. The van der Waals surface area contributed by atoms with Gasteiger partial charge in [-0.05, 0) is 39.4 Å². The van der Waals surface area contributed by atoms with Crippen LogP contribution in [0.1, 0.15) is 28.0 Å². The molecule has 0 atom stereocenters. The highest BCUT2D eigenvalue weighted by Gasteiger charge is 2.24. The van der Waals surface area contributed by atoms with E-state index in [9.17, 15) is 4.79 Å². The molecular weight excluding hydrogens is 214 g/mol. The molecule has 1 N–H and O–H groups in total. The highest BCUT2D eigenvalue weighted by atomic mass is 16.2. The summed E-state index contributed by atoms with van der Waals surface area (Å²) in [5.41, 5.74) is 3.09. The molecule has 0 saturated heterocycles. The molecule has 2 heterocycles. The maximum atomic E-state index is 12.4. The average molecular weight is 235 g/mol. The van der Waals surface area contributed by atoms with E-state index in [1.165, 1.54) is 0 Å². The molecule has 0 aromatic carbocycles. The number of nitrogens with zero attached hydrogens (tertiary/aromatic N) is 2. The van der Waals surface area contributed by atoms with Crippen LogP contribution in [0.5, 0.6) is 0 Å². The van der Waals surface area contributed by atoms with Crippen molar-refractivity contribution in [1.82, 2.24) is 14.8 Å². The maximum absolute atomic E-state index is 12.4. The molecule has 1 amide bonds. The van der Waals surface area contributed by atoms with Gasteiger partial charge in [0.25, 0.3) is 5.91 Å². The number of aromatic nitrogens is 1. The summed E-state index contributed by atoms with van der Waals surface area (Å²) in [6, 6.07) is 0. The third kappa shape index (κ3) is 2.52. The van der Waals surface area contributed by atoms with E-state index in [0.29, 0.717) is 0 Å². The lowest BCUT2D eigenvalue weighted by Gasteiger charge is -2.22. The van der Waals surface area contributed by atoms with Crippen LogP contribution in [0.4, 0.5) is 0 Å². The molecular formula is C13H21N3O. The van der Waals surface area contributed by atoms with Gasteiger partial charge in [0.15, 0.2) is 0 Å². The first-order valence-corrected chi connectivity index (χ1v) is 6.20. The number of aryl methyl sites for hydroxylation is 2. The lowest BCUT2D eigenvalue weighted by molar-refractivity contribution is 0.0750. The van der Waals surface area contributed by atoms with E-state index in [-0.39, 0.29) is 5.91 Å². The Bertz CT molecular complexity index is 409. The molecule has 2 rings (SSSR count). The van der Waals surface area contributed by atoms with Gasteiger partial charge in [-0.1, -0.05) is 0 Å². The molecule has 1 aromatic rings. The van der Waals surface area contributed by atoms with Gasteiger partial charge in [0.05, 0.1) is 5.56 Å². The maximum Gasteiger partial charge on any atom is 0.255 e. The summed E-state index contributed by atoms with van der Waals surface area (Å²) in [4.78, 5) is 19.7. The molecule has 1 aromatic heterocycles. The number of likely N-dealkylation sites (N-methyl/N-ethyl adjacent to an activating group) is 1. The van der Waals surface area contributed by atoms with Crippen LogP contribution >= 0.6 is 0 Å². The second kappa shape index (κ2) is 4.92. The smallest absolute Gasteiger partial charge is 0.255 e. The number of hydrogen-bond donors (Lipinski definition) is 1. The number of rotatable bonds is 3. The van der Waals surface area contributed by atoms with Crippen molar-refractivity contribution in [2.75, 3.05) is 33.7 Å². The van der Waals surface area contributed by atoms with E-state index in [0.717, 1.165) is 49.3 Å². The van der Waals surface area contributed by atoms with Gasteiger partial charge in [-0.3, -0.25) is 4.79 Å².